The number of carboxylic acids is 1. The molecule has 2 aliphatic carbocycles. The summed E-state index contributed by atoms with van der Waals surface area (Å²) in [6.45, 7) is 2.85. The highest BCUT2D eigenvalue weighted by Crippen LogP contribution is 2.36. The fourth-order valence-electron chi connectivity index (χ4n) is 2.86. The summed E-state index contributed by atoms with van der Waals surface area (Å²) in [6, 6.07) is 0.400. The molecule has 2 aliphatic rings. The molecule has 0 bridgehead atoms. The topological polar surface area (TPSA) is 57.6 Å². The van der Waals surface area contributed by atoms with Crippen LogP contribution in [0, 0.1) is 11.8 Å². The average Bonchev–Trinajstić information content (AvgIpc) is 3.00. The summed E-state index contributed by atoms with van der Waals surface area (Å²) in [5.74, 6) is -1.41. The zero-order valence-electron chi connectivity index (χ0n) is 10.4. The Morgan fingerprint density at radius 1 is 1.18 bits per heavy atom. The van der Waals surface area contributed by atoms with Crippen molar-refractivity contribution in [3.8, 4) is 0 Å². The molecule has 0 saturated heterocycles. The summed E-state index contributed by atoms with van der Waals surface area (Å²) in [4.78, 5) is 25.4. The van der Waals surface area contributed by atoms with Crippen molar-refractivity contribution in [2.75, 3.05) is 6.54 Å². The number of rotatable bonds is 5. The first kappa shape index (κ1) is 12.4. The van der Waals surface area contributed by atoms with E-state index in [1.165, 1.54) is 0 Å². The van der Waals surface area contributed by atoms with Crippen LogP contribution in [0.4, 0.5) is 0 Å². The molecule has 2 saturated carbocycles. The van der Waals surface area contributed by atoms with Crippen molar-refractivity contribution >= 4 is 11.9 Å². The molecule has 2 unspecified atom stereocenters. The van der Waals surface area contributed by atoms with E-state index in [1.54, 1.807) is 0 Å². The van der Waals surface area contributed by atoms with Gasteiger partial charge in [0.25, 0.3) is 0 Å². The molecule has 4 heteroatoms. The minimum atomic E-state index is -0.798. The van der Waals surface area contributed by atoms with Gasteiger partial charge in [-0.2, -0.15) is 0 Å². The van der Waals surface area contributed by atoms with E-state index in [9.17, 15) is 9.59 Å². The Balaban J connectivity index is 2.03. The van der Waals surface area contributed by atoms with Crippen LogP contribution >= 0.6 is 0 Å². The zero-order chi connectivity index (χ0) is 12.4. The van der Waals surface area contributed by atoms with Gasteiger partial charge in [-0.05, 0) is 32.1 Å². The molecule has 1 amide bonds. The van der Waals surface area contributed by atoms with E-state index in [2.05, 4.69) is 6.92 Å². The molecule has 0 aromatic carbocycles. The summed E-state index contributed by atoms with van der Waals surface area (Å²) in [7, 11) is 0. The maximum atomic E-state index is 12.4. The standard InChI is InChI=1S/C13H21NO3/c1-2-8-14(9-6-7-9)12(15)10-4-3-5-11(10)13(16)17/h9-11H,2-8H2,1H3,(H,16,17). The van der Waals surface area contributed by atoms with Gasteiger partial charge in [0.2, 0.25) is 5.91 Å². The molecule has 0 aliphatic heterocycles. The highest BCUT2D eigenvalue weighted by Gasteiger charge is 2.42. The highest BCUT2D eigenvalue weighted by molar-refractivity contribution is 5.85. The summed E-state index contributed by atoms with van der Waals surface area (Å²) in [5, 5.41) is 9.13. The van der Waals surface area contributed by atoms with E-state index >= 15 is 0 Å². The van der Waals surface area contributed by atoms with Gasteiger partial charge in [0.1, 0.15) is 0 Å². The molecule has 0 aromatic rings. The minimum Gasteiger partial charge on any atom is -0.481 e. The van der Waals surface area contributed by atoms with Crippen molar-refractivity contribution in [3.63, 3.8) is 0 Å². The number of hydrogen-bond acceptors (Lipinski definition) is 2. The molecule has 0 spiro atoms. The number of carbonyl (C=O) groups is 2. The predicted molar refractivity (Wildman–Crippen MR) is 63.5 cm³/mol. The SMILES string of the molecule is CCCN(C(=O)C1CCCC1C(=O)O)C1CC1. The second kappa shape index (κ2) is 5.07. The Hall–Kier alpha value is -1.06. The molecular formula is C13H21NO3. The molecule has 4 nitrogen and oxygen atoms in total. The van der Waals surface area contributed by atoms with Crippen LogP contribution in [-0.4, -0.2) is 34.5 Å². The van der Waals surface area contributed by atoms with E-state index in [1.807, 2.05) is 4.90 Å². The molecule has 2 atom stereocenters. The fourth-order valence-corrected chi connectivity index (χ4v) is 2.86. The molecule has 17 heavy (non-hydrogen) atoms. The average molecular weight is 239 g/mol. The van der Waals surface area contributed by atoms with Crippen molar-refractivity contribution in [2.45, 2.75) is 51.5 Å². The lowest BCUT2D eigenvalue weighted by Crippen LogP contribution is -2.41. The van der Waals surface area contributed by atoms with Gasteiger partial charge < -0.3 is 10.0 Å². The van der Waals surface area contributed by atoms with Crippen molar-refractivity contribution in [2.24, 2.45) is 11.8 Å². The molecule has 1 N–H and O–H groups in total. The lowest BCUT2D eigenvalue weighted by atomic mass is 9.94. The lowest BCUT2D eigenvalue weighted by Gasteiger charge is -2.26. The fraction of sp³-hybridized carbons (Fsp3) is 0.846. The minimum absolute atomic E-state index is 0.0965. The number of carbonyl (C=O) groups excluding carboxylic acids is 1. The lowest BCUT2D eigenvalue weighted by molar-refractivity contribution is -0.149. The number of nitrogens with zero attached hydrogens (tertiary/aromatic N) is 1. The van der Waals surface area contributed by atoms with Crippen LogP contribution in [0.1, 0.15) is 45.4 Å². The van der Waals surface area contributed by atoms with Gasteiger partial charge >= 0.3 is 5.97 Å². The van der Waals surface area contributed by atoms with Crippen molar-refractivity contribution in [1.82, 2.24) is 4.90 Å². The van der Waals surface area contributed by atoms with E-state index in [-0.39, 0.29) is 11.8 Å². The maximum absolute atomic E-state index is 12.4. The number of aliphatic carboxylic acids is 1. The molecule has 2 rings (SSSR count). The van der Waals surface area contributed by atoms with E-state index < -0.39 is 11.9 Å². The van der Waals surface area contributed by atoms with Gasteiger partial charge in [0.15, 0.2) is 0 Å². The first-order valence-corrected chi connectivity index (χ1v) is 6.68. The van der Waals surface area contributed by atoms with Crippen LogP contribution in [0.15, 0.2) is 0 Å². The quantitative estimate of drug-likeness (QED) is 0.797. The third kappa shape index (κ3) is 2.61. The predicted octanol–water partition coefficient (Wildman–Crippen LogP) is 1.89. The Labute approximate surface area is 102 Å². The molecule has 2 fully saturated rings. The summed E-state index contributed by atoms with van der Waals surface area (Å²) in [6.07, 6.45) is 5.43. The summed E-state index contributed by atoms with van der Waals surface area (Å²) >= 11 is 0. The Morgan fingerprint density at radius 2 is 1.82 bits per heavy atom. The third-order valence-corrected chi connectivity index (χ3v) is 3.89. The van der Waals surface area contributed by atoms with Gasteiger partial charge in [-0.3, -0.25) is 9.59 Å². The Morgan fingerprint density at radius 3 is 2.35 bits per heavy atom. The molecule has 0 radical (unpaired) electrons. The second-order valence-corrected chi connectivity index (χ2v) is 5.24. The van der Waals surface area contributed by atoms with Crippen molar-refractivity contribution in [1.29, 1.82) is 0 Å². The first-order valence-electron chi connectivity index (χ1n) is 6.68. The van der Waals surface area contributed by atoms with Gasteiger partial charge in [-0.25, -0.2) is 0 Å². The Kier molecular flexibility index (Phi) is 3.69. The highest BCUT2D eigenvalue weighted by atomic mass is 16.4. The van der Waals surface area contributed by atoms with Gasteiger partial charge in [0.05, 0.1) is 11.8 Å². The zero-order valence-corrected chi connectivity index (χ0v) is 10.4. The normalized spacial score (nSPS) is 28.1. The molecule has 0 aromatic heterocycles. The van der Waals surface area contributed by atoms with Crippen molar-refractivity contribution < 1.29 is 14.7 Å². The van der Waals surface area contributed by atoms with Gasteiger partial charge in [-0.15, -0.1) is 0 Å². The monoisotopic (exact) mass is 239 g/mol. The van der Waals surface area contributed by atoms with Crippen LogP contribution < -0.4 is 0 Å². The first-order chi connectivity index (χ1) is 8.15. The van der Waals surface area contributed by atoms with Crippen LogP contribution in [0.5, 0.6) is 0 Å². The van der Waals surface area contributed by atoms with Gasteiger partial charge in [-0.1, -0.05) is 13.3 Å². The van der Waals surface area contributed by atoms with Crippen LogP contribution in [0.25, 0.3) is 0 Å². The Bertz CT molecular complexity index is 312. The third-order valence-electron chi connectivity index (χ3n) is 3.89. The molecular weight excluding hydrogens is 218 g/mol. The molecule has 96 valence electrons. The second-order valence-electron chi connectivity index (χ2n) is 5.24. The number of hydrogen-bond donors (Lipinski definition) is 1. The maximum Gasteiger partial charge on any atom is 0.307 e. The van der Waals surface area contributed by atoms with Crippen LogP contribution in [-0.2, 0) is 9.59 Å². The van der Waals surface area contributed by atoms with E-state index in [4.69, 9.17) is 5.11 Å². The van der Waals surface area contributed by atoms with Crippen molar-refractivity contribution in [3.05, 3.63) is 0 Å². The van der Waals surface area contributed by atoms with E-state index in [0.717, 1.165) is 38.6 Å². The van der Waals surface area contributed by atoms with Crippen LogP contribution in [0.2, 0.25) is 0 Å². The largest absolute Gasteiger partial charge is 0.481 e. The number of amides is 1. The van der Waals surface area contributed by atoms with E-state index in [0.29, 0.717) is 12.5 Å². The van der Waals surface area contributed by atoms with Crippen LogP contribution in [0.3, 0.4) is 0 Å². The summed E-state index contributed by atoms with van der Waals surface area (Å²) in [5.41, 5.74) is 0. The molecule has 0 heterocycles. The van der Waals surface area contributed by atoms with Gasteiger partial charge in [0, 0.05) is 12.6 Å². The summed E-state index contributed by atoms with van der Waals surface area (Å²) < 4.78 is 0. The smallest absolute Gasteiger partial charge is 0.307 e. The number of carboxylic acid groups (broad SMARTS) is 1.